The molecule has 0 aliphatic carbocycles. The van der Waals surface area contributed by atoms with Gasteiger partial charge in [0.2, 0.25) is 5.88 Å². The maximum absolute atomic E-state index is 13.9. The highest BCUT2D eigenvalue weighted by atomic mass is 35.5. The van der Waals surface area contributed by atoms with Gasteiger partial charge in [-0.25, -0.2) is 9.37 Å². The Morgan fingerprint density at radius 1 is 1.22 bits per heavy atom. The van der Waals surface area contributed by atoms with E-state index in [2.05, 4.69) is 9.97 Å². The monoisotopic (exact) mass is 263 g/mol. The second-order valence-electron chi connectivity index (χ2n) is 3.70. The predicted molar refractivity (Wildman–Crippen MR) is 65.5 cm³/mol. The molecule has 0 aliphatic rings. The summed E-state index contributed by atoms with van der Waals surface area (Å²) in [5, 5.41) is 9.39. The number of nitrogens with zero attached hydrogens (tertiary/aromatic N) is 3. The van der Waals surface area contributed by atoms with Gasteiger partial charge in [0.05, 0.1) is 10.7 Å². The molecule has 1 aromatic carbocycles. The highest BCUT2D eigenvalue weighted by Gasteiger charge is 2.12. The molecule has 2 aromatic heterocycles. The number of pyridine rings is 1. The molecule has 0 atom stereocenters. The van der Waals surface area contributed by atoms with Crippen LogP contribution in [0.25, 0.3) is 16.9 Å². The average Bonchev–Trinajstić information content (AvgIpc) is 2.75. The van der Waals surface area contributed by atoms with Gasteiger partial charge < -0.3 is 5.11 Å². The van der Waals surface area contributed by atoms with E-state index in [0.717, 1.165) is 0 Å². The number of hydrogen-bond donors (Lipinski definition) is 1. The zero-order valence-corrected chi connectivity index (χ0v) is 9.76. The van der Waals surface area contributed by atoms with Gasteiger partial charge in [-0.05, 0) is 18.2 Å². The van der Waals surface area contributed by atoms with Crippen molar-refractivity contribution in [2.45, 2.75) is 0 Å². The quantitative estimate of drug-likeness (QED) is 0.734. The van der Waals surface area contributed by atoms with Crippen LogP contribution >= 0.6 is 11.6 Å². The van der Waals surface area contributed by atoms with Crippen LogP contribution in [0.2, 0.25) is 5.02 Å². The largest absolute Gasteiger partial charge is 0.493 e. The Labute approximate surface area is 106 Å². The van der Waals surface area contributed by atoms with Crippen LogP contribution < -0.4 is 0 Å². The van der Waals surface area contributed by atoms with E-state index < -0.39 is 5.82 Å². The summed E-state index contributed by atoms with van der Waals surface area (Å²) in [7, 11) is 0. The van der Waals surface area contributed by atoms with Crippen LogP contribution in [0.4, 0.5) is 4.39 Å². The molecule has 2 heterocycles. The smallest absolute Gasteiger partial charge is 0.212 e. The molecule has 0 radical (unpaired) electrons. The lowest BCUT2D eigenvalue weighted by Crippen LogP contribution is -1.97. The Bertz CT molecular complexity index is 741. The predicted octanol–water partition coefficient (Wildman–Crippen LogP) is 2.92. The summed E-state index contributed by atoms with van der Waals surface area (Å²) >= 11 is 5.73. The molecular formula is C12H7ClFN3O. The number of benzene rings is 1. The molecular weight excluding hydrogens is 257 g/mol. The van der Waals surface area contributed by atoms with Gasteiger partial charge in [0.15, 0.2) is 11.5 Å². The number of halogens is 2. The average molecular weight is 264 g/mol. The fraction of sp³-hybridized carbons (Fsp3) is 0. The van der Waals surface area contributed by atoms with E-state index >= 15 is 0 Å². The first kappa shape index (κ1) is 11.0. The maximum atomic E-state index is 13.9. The lowest BCUT2D eigenvalue weighted by molar-refractivity contribution is 0.455. The first-order chi connectivity index (χ1) is 8.66. The van der Waals surface area contributed by atoms with Crippen LogP contribution in [0.3, 0.4) is 0 Å². The second kappa shape index (κ2) is 3.96. The van der Waals surface area contributed by atoms with Crippen LogP contribution in [0.15, 0.2) is 36.7 Å². The fourth-order valence-corrected chi connectivity index (χ4v) is 1.91. The van der Waals surface area contributed by atoms with E-state index in [9.17, 15) is 9.50 Å². The third kappa shape index (κ3) is 1.60. The summed E-state index contributed by atoms with van der Waals surface area (Å²) in [4.78, 5) is 8.02. The molecule has 0 saturated heterocycles. The fourth-order valence-electron chi connectivity index (χ4n) is 1.74. The molecule has 0 unspecified atom stereocenters. The molecule has 0 aliphatic heterocycles. The lowest BCUT2D eigenvalue weighted by atomic mass is 10.3. The Morgan fingerprint density at radius 3 is 2.89 bits per heavy atom. The summed E-state index contributed by atoms with van der Waals surface area (Å²) in [5.41, 5.74) is 1.17. The van der Waals surface area contributed by atoms with Crippen molar-refractivity contribution in [3.63, 3.8) is 0 Å². The zero-order valence-electron chi connectivity index (χ0n) is 9.01. The van der Waals surface area contributed by atoms with E-state index in [4.69, 9.17) is 11.6 Å². The Hall–Kier alpha value is -2.14. The first-order valence-electron chi connectivity index (χ1n) is 5.14. The summed E-state index contributed by atoms with van der Waals surface area (Å²) in [5.74, 6) is -0.699. The molecule has 1 N–H and O–H groups in total. The molecule has 0 fully saturated rings. The minimum absolute atomic E-state index is 0.0227. The Balaban J connectivity index is 2.32. The van der Waals surface area contributed by atoms with Crippen molar-refractivity contribution in [3.05, 3.63) is 47.5 Å². The van der Waals surface area contributed by atoms with Crippen molar-refractivity contribution in [1.82, 2.24) is 14.5 Å². The van der Waals surface area contributed by atoms with Crippen LogP contribution in [-0.4, -0.2) is 19.6 Å². The van der Waals surface area contributed by atoms with Crippen LogP contribution in [0.5, 0.6) is 5.88 Å². The van der Waals surface area contributed by atoms with Crippen molar-refractivity contribution >= 4 is 22.8 Å². The zero-order chi connectivity index (χ0) is 12.7. The molecule has 0 amide bonds. The number of imidazole rings is 1. The van der Waals surface area contributed by atoms with Crippen molar-refractivity contribution in [1.29, 1.82) is 0 Å². The van der Waals surface area contributed by atoms with Crippen molar-refractivity contribution < 1.29 is 9.50 Å². The molecule has 0 saturated carbocycles. The minimum atomic E-state index is -0.552. The molecule has 4 nitrogen and oxygen atoms in total. The van der Waals surface area contributed by atoms with Crippen LogP contribution in [0.1, 0.15) is 0 Å². The lowest BCUT2D eigenvalue weighted by Gasteiger charge is -2.06. The van der Waals surface area contributed by atoms with Crippen molar-refractivity contribution in [2.75, 3.05) is 0 Å². The normalized spacial score (nSPS) is 11.0. The van der Waals surface area contributed by atoms with Crippen LogP contribution in [-0.2, 0) is 0 Å². The SMILES string of the molecule is Oc1ccc2ncn(-c3cccc(Cl)c3F)c2n1. The van der Waals surface area contributed by atoms with E-state index in [0.29, 0.717) is 11.2 Å². The van der Waals surface area contributed by atoms with E-state index in [1.165, 1.54) is 23.0 Å². The third-order valence-electron chi connectivity index (χ3n) is 2.57. The standard InChI is InChI=1S/C12H7ClFN3O/c13-7-2-1-3-9(11(7)14)17-6-15-8-4-5-10(18)16-12(8)17/h1-6H,(H,16,18). The Kier molecular flexibility index (Phi) is 2.41. The van der Waals surface area contributed by atoms with Crippen molar-refractivity contribution in [2.24, 2.45) is 0 Å². The van der Waals surface area contributed by atoms with Gasteiger partial charge in [-0.1, -0.05) is 17.7 Å². The van der Waals surface area contributed by atoms with Crippen LogP contribution in [0, 0.1) is 5.82 Å². The molecule has 0 bridgehead atoms. The Morgan fingerprint density at radius 2 is 2.06 bits per heavy atom. The van der Waals surface area contributed by atoms with Gasteiger partial charge in [0, 0.05) is 6.07 Å². The molecule has 18 heavy (non-hydrogen) atoms. The second-order valence-corrected chi connectivity index (χ2v) is 4.11. The van der Waals surface area contributed by atoms with E-state index in [1.54, 1.807) is 18.2 Å². The minimum Gasteiger partial charge on any atom is -0.493 e. The van der Waals surface area contributed by atoms with E-state index in [-0.39, 0.29) is 16.6 Å². The number of rotatable bonds is 1. The summed E-state index contributed by atoms with van der Waals surface area (Å²) < 4.78 is 15.4. The highest BCUT2D eigenvalue weighted by Crippen LogP contribution is 2.24. The number of aromatic nitrogens is 3. The molecule has 90 valence electrons. The van der Waals surface area contributed by atoms with Crippen molar-refractivity contribution in [3.8, 4) is 11.6 Å². The highest BCUT2D eigenvalue weighted by molar-refractivity contribution is 6.30. The summed E-state index contributed by atoms with van der Waals surface area (Å²) in [6.45, 7) is 0. The molecule has 0 spiro atoms. The third-order valence-corrected chi connectivity index (χ3v) is 2.86. The first-order valence-corrected chi connectivity index (χ1v) is 5.52. The molecule has 6 heteroatoms. The summed E-state index contributed by atoms with van der Waals surface area (Å²) in [6.07, 6.45) is 1.44. The topological polar surface area (TPSA) is 50.9 Å². The van der Waals surface area contributed by atoms with Gasteiger partial charge in [-0.15, -0.1) is 0 Å². The van der Waals surface area contributed by atoms with Gasteiger partial charge in [0.25, 0.3) is 0 Å². The van der Waals surface area contributed by atoms with Gasteiger partial charge in [-0.2, -0.15) is 4.98 Å². The molecule has 3 aromatic rings. The number of aromatic hydroxyl groups is 1. The van der Waals surface area contributed by atoms with Gasteiger partial charge in [-0.3, -0.25) is 4.57 Å². The van der Waals surface area contributed by atoms with Gasteiger partial charge >= 0.3 is 0 Å². The maximum Gasteiger partial charge on any atom is 0.212 e. The number of fused-ring (bicyclic) bond motifs is 1. The van der Waals surface area contributed by atoms with E-state index in [1.807, 2.05) is 0 Å². The number of hydrogen-bond acceptors (Lipinski definition) is 3. The molecule has 3 rings (SSSR count). The summed E-state index contributed by atoms with van der Waals surface area (Å²) in [6, 6.07) is 7.69. The van der Waals surface area contributed by atoms with Gasteiger partial charge in [0.1, 0.15) is 11.8 Å².